The van der Waals surface area contributed by atoms with Gasteiger partial charge < -0.3 is 15.0 Å². The van der Waals surface area contributed by atoms with Gasteiger partial charge in [0.2, 0.25) is 0 Å². The van der Waals surface area contributed by atoms with E-state index < -0.39 is 5.60 Å². The number of likely N-dealkylation sites (tertiary alicyclic amines) is 1. The number of ether oxygens (including phenoxy) is 1. The maximum Gasteiger partial charge on any atom is 0.410 e. The van der Waals surface area contributed by atoms with Crippen LogP contribution in [0.2, 0.25) is 5.15 Å². The first-order valence-corrected chi connectivity index (χ1v) is 8.45. The predicted molar refractivity (Wildman–Crippen MR) is 92.3 cm³/mol. The molecule has 0 spiro atoms. The van der Waals surface area contributed by atoms with Crippen molar-refractivity contribution >= 4 is 23.6 Å². The van der Waals surface area contributed by atoms with Gasteiger partial charge in [-0.3, -0.25) is 4.79 Å². The highest BCUT2D eigenvalue weighted by molar-refractivity contribution is 6.32. The van der Waals surface area contributed by atoms with Gasteiger partial charge in [-0.2, -0.15) is 0 Å². The number of hydrogen-bond acceptors (Lipinski definition) is 4. The van der Waals surface area contributed by atoms with Crippen molar-refractivity contribution in [3.05, 3.63) is 28.5 Å². The van der Waals surface area contributed by atoms with Gasteiger partial charge in [-0.15, -0.1) is 0 Å². The quantitative estimate of drug-likeness (QED) is 0.829. The first kappa shape index (κ1) is 18.5. The van der Waals surface area contributed by atoms with Crippen LogP contribution in [0.3, 0.4) is 0 Å². The minimum Gasteiger partial charge on any atom is -0.444 e. The maximum absolute atomic E-state index is 12.4. The van der Waals surface area contributed by atoms with Crippen LogP contribution < -0.4 is 5.32 Å². The third-order valence-corrected chi connectivity index (χ3v) is 3.93. The molecule has 0 aliphatic carbocycles. The molecule has 132 valence electrons. The molecule has 1 fully saturated rings. The molecule has 0 bridgehead atoms. The standard InChI is InChI=1S/C17H24ClN3O3/c1-11-7-8-13(14(18)19-11)15(22)20-12-6-5-9-21(10-12)16(23)24-17(2,3)4/h7-8,12H,5-6,9-10H2,1-4H3,(H,20,22). The molecule has 0 saturated carbocycles. The average Bonchev–Trinajstić information content (AvgIpc) is 2.45. The Morgan fingerprint density at radius 3 is 2.71 bits per heavy atom. The minimum absolute atomic E-state index is 0.129. The van der Waals surface area contributed by atoms with Crippen LogP contribution in [0.4, 0.5) is 4.79 Å². The zero-order valence-electron chi connectivity index (χ0n) is 14.6. The lowest BCUT2D eigenvalue weighted by Crippen LogP contribution is -2.50. The molecule has 1 aromatic rings. The van der Waals surface area contributed by atoms with Crippen LogP contribution in [0, 0.1) is 6.92 Å². The second-order valence-electron chi connectivity index (χ2n) is 7.03. The lowest BCUT2D eigenvalue weighted by molar-refractivity contribution is 0.0185. The van der Waals surface area contributed by atoms with Crippen molar-refractivity contribution in [3.63, 3.8) is 0 Å². The molecular formula is C17H24ClN3O3. The number of carbonyl (C=O) groups excluding carboxylic acids is 2. The first-order valence-electron chi connectivity index (χ1n) is 8.07. The van der Waals surface area contributed by atoms with E-state index in [9.17, 15) is 9.59 Å². The van der Waals surface area contributed by atoms with Gasteiger partial charge in [-0.1, -0.05) is 11.6 Å². The molecule has 1 unspecified atom stereocenters. The Bertz CT molecular complexity index is 628. The van der Waals surface area contributed by atoms with E-state index >= 15 is 0 Å². The second kappa shape index (κ2) is 7.38. The summed E-state index contributed by atoms with van der Waals surface area (Å²) in [6, 6.07) is 3.28. The molecule has 1 saturated heterocycles. The summed E-state index contributed by atoms with van der Waals surface area (Å²) >= 11 is 6.04. The van der Waals surface area contributed by atoms with Gasteiger partial charge in [0.15, 0.2) is 0 Å². The molecule has 1 aliphatic rings. The van der Waals surface area contributed by atoms with Crippen molar-refractivity contribution < 1.29 is 14.3 Å². The summed E-state index contributed by atoms with van der Waals surface area (Å²) in [6.45, 7) is 8.38. The average molecular weight is 354 g/mol. The normalized spacial score (nSPS) is 18.2. The third-order valence-electron chi connectivity index (χ3n) is 3.64. The van der Waals surface area contributed by atoms with E-state index in [1.54, 1.807) is 17.0 Å². The molecule has 2 amide bonds. The van der Waals surface area contributed by atoms with Gasteiger partial charge in [0.1, 0.15) is 10.8 Å². The number of nitrogens with one attached hydrogen (secondary N) is 1. The minimum atomic E-state index is -0.533. The molecule has 0 radical (unpaired) electrons. The highest BCUT2D eigenvalue weighted by atomic mass is 35.5. The van der Waals surface area contributed by atoms with Crippen LogP contribution in [0.15, 0.2) is 12.1 Å². The smallest absolute Gasteiger partial charge is 0.410 e. The summed E-state index contributed by atoms with van der Waals surface area (Å²) in [4.78, 5) is 30.3. The van der Waals surface area contributed by atoms with E-state index in [4.69, 9.17) is 16.3 Å². The molecule has 1 atom stereocenters. The third kappa shape index (κ3) is 5.09. The van der Waals surface area contributed by atoms with Gasteiger partial charge in [-0.25, -0.2) is 9.78 Å². The number of rotatable bonds is 2. The van der Waals surface area contributed by atoms with E-state index in [-0.39, 0.29) is 23.2 Å². The number of aryl methyl sites for hydroxylation is 1. The molecule has 1 N–H and O–H groups in total. The fourth-order valence-electron chi connectivity index (χ4n) is 2.54. The van der Waals surface area contributed by atoms with Crippen LogP contribution in [0.1, 0.15) is 49.7 Å². The molecule has 1 aliphatic heterocycles. The lowest BCUT2D eigenvalue weighted by Gasteiger charge is -2.34. The summed E-state index contributed by atoms with van der Waals surface area (Å²) < 4.78 is 5.39. The molecule has 0 aromatic carbocycles. The van der Waals surface area contributed by atoms with Crippen LogP contribution in [0.25, 0.3) is 0 Å². The molecule has 1 aromatic heterocycles. The van der Waals surface area contributed by atoms with E-state index in [1.165, 1.54) is 0 Å². The lowest BCUT2D eigenvalue weighted by atomic mass is 10.1. The Balaban J connectivity index is 1.97. The molecule has 2 heterocycles. The summed E-state index contributed by atoms with van der Waals surface area (Å²) in [5, 5.41) is 3.12. The van der Waals surface area contributed by atoms with Crippen molar-refractivity contribution in [1.82, 2.24) is 15.2 Å². The van der Waals surface area contributed by atoms with Gasteiger partial charge >= 0.3 is 6.09 Å². The Hall–Kier alpha value is -1.82. The van der Waals surface area contributed by atoms with Gasteiger partial charge in [0.25, 0.3) is 5.91 Å². The SMILES string of the molecule is Cc1ccc(C(=O)NC2CCCN(C(=O)OC(C)(C)C)C2)c(Cl)n1. The number of pyridine rings is 1. The van der Waals surface area contributed by atoms with Crippen molar-refractivity contribution in [2.45, 2.75) is 52.2 Å². The number of carbonyl (C=O) groups is 2. The predicted octanol–water partition coefficient (Wildman–Crippen LogP) is 3.17. The van der Waals surface area contributed by atoms with Crippen LogP contribution in [0.5, 0.6) is 0 Å². The Labute approximate surface area is 147 Å². The van der Waals surface area contributed by atoms with Crippen LogP contribution in [-0.4, -0.2) is 46.6 Å². The van der Waals surface area contributed by atoms with E-state index in [2.05, 4.69) is 10.3 Å². The Morgan fingerprint density at radius 1 is 1.38 bits per heavy atom. The summed E-state index contributed by atoms with van der Waals surface area (Å²) in [5.74, 6) is -0.275. The number of halogens is 1. The number of amides is 2. The summed E-state index contributed by atoms with van der Waals surface area (Å²) in [5.41, 5.74) is 0.566. The summed E-state index contributed by atoms with van der Waals surface area (Å²) in [6.07, 6.45) is 1.27. The van der Waals surface area contributed by atoms with Crippen LogP contribution >= 0.6 is 11.6 Å². The van der Waals surface area contributed by atoms with Crippen molar-refractivity contribution in [3.8, 4) is 0 Å². The van der Waals surface area contributed by atoms with Crippen molar-refractivity contribution in [2.75, 3.05) is 13.1 Å². The number of nitrogens with zero attached hydrogens (tertiary/aromatic N) is 2. The van der Waals surface area contributed by atoms with E-state index in [0.717, 1.165) is 18.5 Å². The number of aromatic nitrogens is 1. The summed E-state index contributed by atoms with van der Waals surface area (Å²) in [7, 11) is 0. The zero-order valence-corrected chi connectivity index (χ0v) is 15.3. The zero-order chi connectivity index (χ0) is 17.9. The number of hydrogen-bond donors (Lipinski definition) is 1. The van der Waals surface area contributed by atoms with Crippen LogP contribution in [-0.2, 0) is 4.74 Å². The highest BCUT2D eigenvalue weighted by Gasteiger charge is 2.28. The molecule has 2 rings (SSSR count). The molecule has 24 heavy (non-hydrogen) atoms. The Morgan fingerprint density at radius 2 is 2.08 bits per heavy atom. The monoisotopic (exact) mass is 353 g/mol. The molecular weight excluding hydrogens is 330 g/mol. The van der Waals surface area contributed by atoms with Gasteiger partial charge in [-0.05, 0) is 52.7 Å². The van der Waals surface area contributed by atoms with E-state index in [1.807, 2.05) is 27.7 Å². The number of piperidine rings is 1. The fourth-order valence-corrected chi connectivity index (χ4v) is 2.83. The largest absolute Gasteiger partial charge is 0.444 e. The second-order valence-corrected chi connectivity index (χ2v) is 7.39. The maximum atomic E-state index is 12.4. The van der Waals surface area contributed by atoms with Crippen molar-refractivity contribution in [2.24, 2.45) is 0 Å². The van der Waals surface area contributed by atoms with E-state index in [0.29, 0.717) is 18.7 Å². The van der Waals surface area contributed by atoms with Crippen molar-refractivity contribution in [1.29, 1.82) is 0 Å². The van der Waals surface area contributed by atoms with Gasteiger partial charge in [0.05, 0.1) is 5.56 Å². The fraction of sp³-hybridized carbons (Fsp3) is 0.588. The highest BCUT2D eigenvalue weighted by Crippen LogP contribution is 2.17. The molecule has 6 nitrogen and oxygen atoms in total. The first-order chi connectivity index (χ1) is 11.2. The topological polar surface area (TPSA) is 71.5 Å². The molecule has 7 heteroatoms. The Kier molecular flexibility index (Phi) is 5.70. The van der Waals surface area contributed by atoms with Gasteiger partial charge in [0, 0.05) is 24.8 Å².